The summed E-state index contributed by atoms with van der Waals surface area (Å²) in [6, 6.07) is 14.9. The van der Waals surface area contributed by atoms with Gasteiger partial charge in [0.1, 0.15) is 0 Å². The molecule has 3 aromatic rings. The van der Waals surface area contributed by atoms with E-state index in [1.54, 1.807) is 29.2 Å². The summed E-state index contributed by atoms with van der Waals surface area (Å²) in [5.41, 5.74) is 2.85. The Balaban J connectivity index is 1.52. The highest BCUT2D eigenvalue weighted by molar-refractivity contribution is 6.30. The van der Waals surface area contributed by atoms with Crippen molar-refractivity contribution in [1.82, 2.24) is 9.88 Å². The van der Waals surface area contributed by atoms with E-state index in [1.807, 2.05) is 30.6 Å². The van der Waals surface area contributed by atoms with Crippen LogP contribution in [0.2, 0.25) is 5.02 Å². The maximum atomic E-state index is 12.6. The van der Waals surface area contributed by atoms with Crippen LogP contribution in [0.25, 0.3) is 16.3 Å². The SMILES string of the molecule is O=C(C(O)c1ccc(Cl)cc1)N1CC=C(c2cncc3ccccc23)CC1. The summed E-state index contributed by atoms with van der Waals surface area (Å²) in [6.45, 7) is 1.04. The number of pyridine rings is 1. The van der Waals surface area contributed by atoms with E-state index in [9.17, 15) is 9.90 Å². The summed E-state index contributed by atoms with van der Waals surface area (Å²) in [7, 11) is 0. The summed E-state index contributed by atoms with van der Waals surface area (Å²) in [4.78, 5) is 18.7. The van der Waals surface area contributed by atoms with Gasteiger partial charge < -0.3 is 10.0 Å². The van der Waals surface area contributed by atoms with E-state index in [0.29, 0.717) is 23.7 Å². The van der Waals surface area contributed by atoms with E-state index in [2.05, 4.69) is 17.1 Å². The molecule has 0 aliphatic carbocycles. The topological polar surface area (TPSA) is 53.4 Å². The van der Waals surface area contributed by atoms with Gasteiger partial charge in [0.25, 0.3) is 5.91 Å². The lowest BCUT2D eigenvalue weighted by molar-refractivity contribution is -0.140. The predicted molar refractivity (Wildman–Crippen MR) is 107 cm³/mol. The Labute approximate surface area is 162 Å². The average molecular weight is 379 g/mol. The molecule has 1 aliphatic heterocycles. The van der Waals surface area contributed by atoms with E-state index in [1.165, 1.54) is 11.0 Å². The van der Waals surface area contributed by atoms with E-state index in [4.69, 9.17) is 11.6 Å². The van der Waals surface area contributed by atoms with Gasteiger partial charge in [-0.05, 0) is 35.1 Å². The number of aliphatic hydroxyl groups excluding tert-OH is 1. The van der Waals surface area contributed by atoms with Gasteiger partial charge in [0.15, 0.2) is 6.10 Å². The molecule has 136 valence electrons. The Morgan fingerprint density at radius 2 is 1.89 bits per heavy atom. The third-order valence-corrected chi connectivity index (χ3v) is 5.21. The number of fused-ring (bicyclic) bond motifs is 1. The molecule has 1 N–H and O–H groups in total. The molecule has 1 aromatic heterocycles. The van der Waals surface area contributed by atoms with Crippen LogP contribution in [0.3, 0.4) is 0 Å². The number of carbonyl (C=O) groups excluding carboxylic acids is 1. The number of benzene rings is 2. The van der Waals surface area contributed by atoms with Crippen LogP contribution < -0.4 is 0 Å². The first-order chi connectivity index (χ1) is 13.1. The van der Waals surface area contributed by atoms with Crippen molar-refractivity contribution in [3.63, 3.8) is 0 Å². The summed E-state index contributed by atoms with van der Waals surface area (Å²) in [5.74, 6) is -0.288. The Morgan fingerprint density at radius 1 is 1.11 bits per heavy atom. The maximum absolute atomic E-state index is 12.6. The molecule has 5 heteroatoms. The maximum Gasteiger partial charge on any atom is 0.256 e. The van der Waals surface area contributed by atoms with Gasteiger partial charge in [-0.2, -0.15) is 0 Å². The van der Waals surface area contributed by atoms with E-state index >= 15 is 0 Å². The predicted octanol–water partition coefficient (Wildman–Crippen LogP) is 4.24. The first-order valence-electron chi connectivity index (χ1n) is 8.88. The minimum Gasteiger partial charge on any atom is -0.378 e. The Hall–Kier alpha value is -2.69. The number of carbonyl (C=O) groups is 1. The Bertz CT molecular complexity index is 1010. The van der Waals surface area contributed by atoms with Crippen LogP contribution in [0.4, 0.5) is 0 Å². The molecule has 1 atom stereocenters. The minimum atomic E-state index is -1.17. The normalized spacial score (nSPS) is 15.5. The second-order valence-corrected chi connectivity index (χ2v) is 7.06. The fourth-order valence-electron chi connectivity index (χ4n) is 3.45. The van der Waals surface area contributed by atoms with Gasteiger partial charge in [-0.1, -0.05) is 54.1 Å². The molecular weight excluding hydrogens is 360 g/mol. The standard InChI is InChI=1S/C22H19ClN2O2/c23-18-7-5-16(6-8-18)21(26)22(27)25-11-9-15(10-12-25)20-14-24-13-17-3-1-2-4-19(17)20/h1-9,13-14,21,26H,10-12H2. The lowest BCUT2D eigenvalue weighted by Gasteiger charge is -2.29. The molecule has 2 aromatic carbocycles. The molecule has 2 heterocycles. The van der Waals surface area contributed by atoms with Crippen LogP contribution >= 0.6 is 11.6 Å². The average Bonchev–Trinajstić information content (AvgIpc) is 2.73. The molecule has 1 unspecified atom stereocenters. The molecule has 1 amide bonds. The summed E-state index contributed by atoms with van der Waals surface area (Å²) < 4.78 is 0. The molecule has 27 heavy (non-hydrogen) atoms. The molecule has 4 nitrogen and oxygen atoms in total. The highest BCUT2D eigenvalue weighted by Gasteiger charge is 2.25. The molecule has 1 aliphatic rings. The van der Waals surface area contributed by atoms with Crippen molar-refractivity contribution in [3.8, 4) is 0 Å². The van der Waals surface area contributed by atoms with Crippen molar-refractivity contribution in [3.05, 3.63) is 83.2 Å². The number of halogens is 1. The Kier molecular flexibility index (Phi) is 4.92. The highest BCUT2D eigenvalue weighted by atomic mass is 35.5. The first kappa shape index (κ1) is 17.7. The van der Waals surface area contributed by atoms with Crippen LogP contribution in [0, 0.1) is 0 Å². The summed E-state index contributed by atoms with van der Waals surface area (Å²) >= 11 is 5.87. The number of amides is 1. The number of nitrogens with zero attached hydrogens (tertiary/aromatic N) is 2. The van der Waals surface area contributed by atoms with E-state index < -0.39 is 6.10 Å². The van der Waals surface area contributed by atoms with Gasteiger partial charge in [0.2, 0.25) is 0 Å². The monoisotopic (exact) mass is 378 g/mol. The van der Waals surface area contributed by atoms with Gasteiger partial charge in [-0.3, -0.25) is 9.78 Å². The van der Waals surface area contributed by atoms with Crippen molar-refractivity contribution >= 4 is 33.9 Å². The second-order valence-electron chi connectivity index (χ2n) is 6.63. The van der Waals surface area contributed by atoms with Crippen molar-refractivity contribution in [2.75, 3.05) is 13.1 Å². The number of hydrogen-bond donors (Lipinski definition) is 1. The first-order valence-corrected chi connectivity index (χ1v) is 9.26. The third kappa shape index (κ3) is 3.59. The molecule has 0 fully saturated rings. The summed E-state index contributed by atoms with van der Waals surface area (Å²) in [5, 5.41) is 13.2. The molecule has 0 radical (unpaired) electrons. The zero-order chi connectivity index (χ0) is 18.8. The fourth-order valence-corrected chi connectivity index (χ4v) is 3.57. The van der Waals surface area contributed by atoms with Crippen LogP contribution in [0.1, 0.15) is 23.7 Å². The minimum absolute atomic E-state index is 0.288. The smallest absolute Gasteiger partial charge is 0.256 e. The summed E-state index contributed by atoms with van der Waals surface area (Å²) in [6.07, 6.45) is 5.36. The van der Waals surface area contributed by atoms with E-state index in [-0.39, 0.29) is 5.91 Å². The van der Waals surface area contributed by atoms with Gasteiger partial charge in [-0.25, -0.2) is 0 Å². The van der Waals surface area contributed by atoms with Crippen molar-refractivity contribution < 1.29 is 9.90 Å². The molecular formula is C22H19ClN2O2. The number of rotatable bonds is 3. The largest absolute Gasteiger partial charge is 0.378 e. The van der Waals surface area contributed by atoms with Crippen LogP contribution in [0.5, 0.6) is 0 Å². The number of aliphatic hydroxyl groups is 1. The molecule has 4 rings (SSSR count). The van der Waals surface area contributed by atoms with Crippen LogP contribution in [-0.4, -0.2) is 34.0 Å². The van der Waals surface area contributed by atoms with E-state index in [0.717, 1.165) is 17.4 Å². The fraction of sp³-hybridized carbons (Fsp3) is 0.182. The Morgan fingerprint density at radius 3 is 2.63 bits per heavy atom. The van der Waals surface area contributed by atoms with Gasteiger partial charge >= 0.3 is 0 Å². The lowest BCUT2D eigenvalue weighted by Crippen LogP contribution is -2.38. The van der Waals surface area contributed by atoms with Gasteiger partial charge in [-0.15, -0.1) is 0 Å². The third-order valence-electron chi connectivity index (χ3n) is 4.95. The van der Waals surface area contributed by atoms with Gasteiger partial charge in [0, 0.05) is 41.5 Å². The molecule has 0 saturated carbocycles. The highest BCUT2D eigenvalue weighted by Crippen LogP contribution is 2.29. The zero-order valence-electron chi connectivity index (χ0n) is 14.7. The zero-order valence-corrected chi connectivity index (χ0v) is 15.4. The van der Waals surface area contributed by atoms with Crippen molar-refractivity contribution in [1.29, 1.82) is 0 Å². The number of aromatic nitrogens is 1. The quantitative estimate of drug-likeness (QED) is 0.741. The number of hydrogen-bond acceptors (Lipinski definition) is 3. The lowest BCUT2D eigenvalue weighted by atomic mass is 9.96. The van der Waals surface area contributed by atoms with Crippen molar-refractivity contribution in [2.45, 2.75) is 12.5 Å². The van der Waals surface area contributed by atoms with Crippen LogP contribution in [-0.2, 0) is 4.79 Å². The molecule has 0 spiro atoms. The van der Waals surface area contributed by atoms with Crippen molar-refractivity contribution in [2.24, 2.45) is 0 Å². The van der Waals surface area contributed by atoms with Crippen LogP contribution in [0.15, 0.2) is 67.0 Å². The second kappa shape index (κ2) is 7.51. The molecule has 0 saturated heterocycles. The van der Waals surface area contributed by atoms with Gasteiger partial charge in [0.05, 0.1) is 0 Å². The molecule has 0 bridgehead atoms.